The first-order valence-electron chi connectivity index (χ1n) is 7.85. The lowest BCUT2D eigenvalue weighted by Crippen LogP contribution is -2.46. The first-order valence-corrected chi connectivity index (χ1v) is 7.85. The van der Waals surface area contributed by atoms with Crippen LogP contribution in [0.5, 0.6) is 0 Å². The number of nitrogens with one attached hydrogen (secondary N) is 2. The van der Waals surface area contributed by atoms with Crippen molar-refractivity contribution >= 4 is 5.91 Å². The fourth-order valence-corrected chi connectivity index (χ4v) is 3.06. The van der Waals surface area contributed by atoms with Crippen LogP contribution in [-0.2, 0) is 0 Å². The van der Waals surface area contributed by atoms with Gasteiger partial charge in [-0.2, -0.15) is 5.10 Å². The SMILES string of the molecule is CCN1CCCC[C@H]1CNC(=O)c1cc(C2CC2)[nH]n1. The number of H-pyrrole nitrogens is 1. The molecule has 20 heavy (non-hydrogen) atoms. The lowest BCUT2D eigenvalue weighted by Gasteiger charge is -2.34. The minimum atomic E-state index is -0.0465. The van der Waals surface area contributed by atoms with E-state index in [0.29, 0.717) is 17.7 Å². The van der Waals surface area contributed by atoms with Crippen molar-refractivity contribution in [2.45, 2.75) is 51.0 Å². The summed E-state index contributed by atoms with van der Waals surface area (Å²) in [6, 6.07) is 2.39. The molecule has 1 atom stereocenters. The Balaban J connectivity index is 1.52. The molecule has 0 radical (unpaired) electrons. The number of nitrogens with zero attached hydrogens (tertiary/aromatic N) is 2. The summed E-state index contributed by atoms with van der Waals surface area (Å²) in [6.45, 7) is 5.15. The van der Waals surface area contributed by atoms with E-state index in [0.717, 1.165) is 25.3 Å². The van der Waals surface area contributed by atoms with Crippen LogP contribution in [-0.4, -0.2) is 46.7 Å². The zero-order chi connectivity index (χ0) is 13.9. The van der Waals surface area contributed by atoms with Gasteiger partial charge in [0.1, 0.15) is 5.69 Å². The van der Waals surface area contributed by atoms with Crippen LogP contribution in [0.15, 0.2) is 6.07 Å². The molecule has 2 N–H and O–H groups in total. The second kappa shape index (κ2) is 5.95. The fourth-order valence-electron chi connectivity index (χ4n) is 3.06. The van der Waals surface area contributed by atoms with Gasteiger partial charge in [0.25, 0.3) is 5.91 Å². The highest BCUT2D eigenvalue weighted by Gasteiger charge is 2.27. The molecule has 1 aliphatic heterocycles. The van der Waals surface area contributed by atoms with Crippen LogP contribution >= 0.6 is 0 Å². The molecule has 2 fully saturated rings. The maximum Gasteiger partial charge on any atom is 0.271 e. The smallest absolute Gasteiger partial charge is 0.271 e. The van der Waals surface area contributed by atoms with Gasteiger partial charge < -0.3 is 5.32 Å². The van der Waals surface area contributed by atoms with E-state index in [1.54, 1.807) is 0 Å². The second-order valence-corrected chi connectivity index (χ2v) is 5.97. The molecule has 0 aromatic carbocycles. The number of hydrogen-bond donors (Lipinski definition) is 2. The van der Waals surface area contributed by atoms with E-state index in [-0.39, 0.29) is 5.91 Å². The molecule has 0 unspecified atom stereocenters. The molecule has 1 saturated heterocycles. The maximum absolute atomic E-state index is 12.1. The van der Waals surface area contributed by atoms with Crippen LogP contribution in [0.3, 0.4) is 0 Å². The standard InChI is InChI=1S/C15H24N4O/c1-2-19-8-4-3-5-12(19)10-16-15(20)14-9-13(17-18-14)11-6-7-11/h9,11-12H,2-8,10H2,1H3,(H,16,20)(H,17,18)/t12-/m0/s1. The normalized spacial score (nSPS) is 23.8. The first-order chi connectivity index (χ1) is 9.78. The topological polar surface area (TPSA) is 61.0 Å². The van der Waals surface area contributed by atoms with Crippen LogP contribution in [0.4, 0.5) is 0 Å². The van der Waals surface area contributed by atoms with Crippen molar-refractivity contribution in [3.05, 3.63) is 17.5 Å². The molecule has 0 bridgehead atoms. The molecule has 110 valence electrons. The van der Waals surface area contributed by atoms with E-state index in [1.165, 1.54) is 32.1 Å². The zero-order valence-electron chi connectivity index (χ0n) is 12.2. The number of aromatic nitrogens is 2. The quantitative estimate of drug-likeness (QED) is 0.863. The van der Waals surface area contributed by atoms with Crippen molar-refractivity contribution in [2.75, 3.05) is 19.6 Å². The highest BCUT2D eigenvalue weighted by molar-refractivity contribution is 5.92. The largest absolute Gasteiger partial charge is 0.349 e. The van der Waals surface area contributed by atoms with Gasteiger partial charge in [-0.25, -0.2) is 0 Å². The summed E-state index contributed by atoms with van der Waals surface area (Å²) in [4.78, 5) is 14.6. The minimum Gasteiger partial charge on any atom is -0.349 e. The van der Waals surface area contributed by atoms with E-state index in [9.17, 15) is 4.79 Å². The predicted octanol–water partition coefficient (Wildman–Crippen LogP) is 1.89. The van der Waals surface area contributed by atoms with Gasteiger partial charge in [-0.15, -0.1) is 0 Å². The Bertz CT molecular complexity index is 466. The van der Waals surface area contributed by atoms with E-state index < -0.39 is 0 Å². The van der Waals surface area contributed by atoms with Gasteiger partial charge >= 0.3 is 0 Å². The molecule has 1 aromatic heterocycles. The summed E-state index contributed by atoms with van der Waals surface area (Å²) in [5.74, 6) is 0.563. The number of piperidine rings is 1. The van der Waals surface area contributed by atoms with Gasteiger partial charge in [-0.1, -0.05) is 13.3 Å². The Hall–Kier alpha value is -1.36. The molecule has 3 rings (SSSR count). The minimum absolute atomic E-state index is 0.0465. The number of hydrogen-bond acceptors (Lipinski definition) is 3. The first kappa shape index (κ1) is 13.6. The Labute approximate surface area is 120 Å². The summed E-state index contributed by atoms with van der Waals surface area (Å²) in [6.07, 6.45) is 6.17. The van der Waals surface area contributed by atoms with Crippen molar-refractivity contribution in [1.82, 2.24) is 20.4 Å². The Morgan fingerprint density at radius 2 is 2.30 bits per heavy atom. The van der Waals surface area contributed by atoms with E-state index in [1.807, 2.05) is 6.07 Å². The molecule has 1 aliphatic carbocycles. The Morgan fingerprint density at radius 1 is 1.45 bits per heavy atom. The van der Waals surface area contributed by atoms with Crippen molar-refractivity contribution in [2.24, 2.45) is 0 Å². The van der Waals surface area contributed by atoms with Crippen molar-refractivity contribution in [1.29, 1.82) is 0 Å². The summed E-state index contributed by atoms with van der Waals surface area (Å²) < 4.78 is 0. The van der Waals surface area contributed by atoms with Crippen molar-refractivity contribution < 1.29 is 4.79 Å². The van der Waals surface area contributed by atoms with Gasteiger partial charge in [0.15, 0.2) is 0 Å². The molecule has 5 nitrogen and oxygen atoms in total. The molecule has 1 saturated carbocycles. The third-order valence-corrected chi connectivity index (χ3v) is 4.50. The number of carbonyl (C=O) groups excluding carboxylic acids is 1. The van der Waals surface area contributed by atoms with Gasteiger partial charge in [0.05, 0.1) is 0 Å². The molecular weight excluding hydrogens is 252 g/mol. The van der Waals surface area contributed by atoms with Crippen LogP contribution in [0.25, 0.3) is 0 Å². The lowest BCUT2D eigenvalue weighted by molar-refractivity contribution is 0.0913. The summed E-state index contributed by atoms with van der Waals surface area (Å²) >= 11 is 0. The van der Waals surface area contributed by atoms with Gasteiger partial charge in [0, 0.05) is 24.2 Å². The number of likely N-dealkylation sites (N-methyl/N-ethyl adjacent to an activating group) is 1. The van der Waals surface area contributed by atoms with E-state index in [2.05, 4.69) is 27.3 Å². The Kier molecular flexibility index (Phi) is 4.05. The third kappa shape index (κ3) is 3.03. The number of likely N-dealkylation sites (tertiary alicyclic amines) is 1. The third-order valence-electron chi connectivity index (χ3n) is 4.50. The highest BCUT2D eigenvalue weighted by Crippen LogP contribution is 2.38. The number of aromatic amines is 1. The fraction of sp³-hybridized carbons (Fsp3) is 0.733. The average Bonchev–Trinajstić information content (AvgIpc) is 3.22. The zero-order valence-corrected chi connectivity index (χ0v) is 12.2. The lowest BCUT2D eigenvalue weighted by atomic mass is 10.0. The van der Waals surface area contributed by atoms with Crippen LogP contribution in [0.2, 0.25) is 0 Å². The molecular formula is C15H24N4O. The van der Waals surface area contributed by atoms with Crippen LogP contribution < -0.4 is 5.32 Å². The van der Waals surface area contributed by atoms with E-state index >= 15 is 0 Å². The van der Waals surface area contributed by atoms with Crippen LogP contribution in [0, 0.1) is 0 Å². The van der Waals surface area contributed by atoms with Gasteiger partial charge in [-0.3, -0.25) is 14.8 Å². The monoisotopic (exact) mass is 276 g/mol. The van der Waals surface area contributed by atoms with Crippen molar-refractivity contribution in [3.8, 4) is 0 Å². The molecule has 2 heterocycles. The van der Waals surface area contributed by atoms with Crippen LogP contribution in [0.1, 0.15) is 61.1 Å². The molecule has 0 spiro atoms. The molecule has 1 amide bonds. The average molecular weight is 276 g/mol. The number of rotatable bonds is 5. The Morgan fingerprint density at radius 3 is 3.05 bits per heavy atom. The van der Waals surface area contributed by atoms with Gasteiger partial charge in [-0.05, 0) is 44.8 Å². The predicted molar refractivity (Wildman–Crippen MR) is 77.8 cm³/mol. The second-order valence-electron chi connectivity index (χ2n) is 5.97. The highest BCUT2D eigenvalue weighted by atomic mass is 16.1. The summed E-state index contributed by atoms with van der Waals surface area (Å²) in [5, 5.41) is 10.2. The van der Waals surface area contributed by atoms with Gasteiger partial charge in [0.2, 0.25) is 0 Å². The number of carbonyl (C=O) groups is 1. The van der Waals surface area contributed by atoms with Crippen molar-refractivity contribution in [3.63, 3.8) is 0 Å². The number of amides is 1. The molecule has 1 aromatic rings. The van der Waals surface area contributed by atoms with E-state index in [4.69, 9.17) is 0 Å². The maximum atomic E-state index is 12.1. The summed E-state index contributed by atoms with van der Waals surface area (Å²) in [5.41, 5.74) is 1.65. The summed E-state index contributed by atoms with van der Waals surface area (Å²) in [7, 11) is 0. The molecule has 5 heteroatoms. The molecule has 2 aliphatic rings.